The fourth-order valence-corrected chi connectivity index (χ4v) is 4.20. The summed E-state index contributed by atoms with van der Waals surface area (Å²) in [5, 5.41) is 9.39. The molecule has 7 nitrogen and oxygen atoms in total. The molecular formula is C19H20N2O5S. The van der Waals surface area contributed by atoms with E-state index in [0.29, 0.717) is 18.7 Å². The van der Waals surface area contributed by atoms with E-state index in [9.17, 15) is 23.1 Å². The number of hydrogen-bond donors (Lipinski definition) is 2. The fourth-order valence-electron chi connectivity index (χ4n) is 3.01. The van der Waals surface area contributed by atoms with Gasteiger partial charge in [0.1, 0.15) is 6.04 Å². The van der Waals surface area contributed by atoms with E-state index >= 15 is 0 Å². The summed E-state index contributed by atoms with van der Waals surface area (Å²) in [7, 11) is -4.01. The molecule has 1 amide bonds. The van der Waals surface area contributed by atoms with E-state index in [1.54, 1.807) is 47.4 Å². The number of carbonyl (C=O) groups is 2. The van der Waals surface area contributed by atoms with E-state index in [2.05, 4.69) is 4.72 Å². The maximum Gasteiger partial charge on any atom is 0.322 e. The Hall–Kier alpha value is -2.71. The zero-order valence-electron chi connectivity index (χ0n) is 14.5. The first kappa shape index (κ1) is 19.1. The van der Waals surface area contributed by atoms with E-state index in [0.717, 1.165) is 12.0 Å². The molecule has 27 heavy (non-hydrogen) atoms. The number of anilines is 1. The first-order valence-corrected chi connectivity index (χ1v) is 10.0. The number of nitrogens with one attached hydrogen (secondary N) is 1. The summed E-state index contributed by atoms with van der Waals surface area (Å²) in [6.45, 7) is 0.612. The second-order valence-corrected chi connectivity index (χ2v) is 8.06. The monoisotopic (exact) mass is 388 g/mol. The summed E-state index contributed by atoms with van der Waals surface area (Å²) in [5.41, 5.74) is 1.35. The fraction of sp³-hybridized carbons (Fsp3) is 0.263. The van der Waals surface area contributed by atoms with Gasteiger partial charge in [0.15, 0.2) is 0 Å². The standard InChI is InChI=1S/C19H20N2O5S/c22-18-7-4-12-21(18)15-8-10-16(11-9-15)27(25,26)20-17(19(23)24)13-14-5-2-1-3-6-14/h1-3,5-6,8-11,17,20H,4,7,12-13H2,(H,23,24)/t17-/m1/s1. The van der Waals surface area contributed by atoms with Crippen molar-refractivity contribution >= 4 is 27.6 Å². The molecule has 0 aliphatic carbocycles. The number of benzene rings is 2. The minimum Gasteiger partial charge on any atom is -0.480 e. The van der Waals surface area contributed by atoms with Gasteiger partial charge < -0.3 is 10.0 Å². The van der Waals surface area contributed by atoms with Crippen molar-refractivity contribution in [2.75, 3.05) is 11.4 Å². The molecule has 0 unspecified atom stereocenters. The van der Waals surface area contributed by atoms with Crippen molar-refractivity contribution < 1.29 is 23.1 Å². The lowest BCUT2D eigenvalue weighted by Gasteiger charge is -2.17. The summed E-state index contributed by atoms with van der Waals surface area (Å²) < 4.78 is 27.4. The lowest BCUT2D eigenvalue weighted by molar-refractivity contribution is -0.138. The maximum absolute atomic E-state index is 12.6. The molecule has 2 aromatic rings. The van der Waals surface area contributed by atoms with Crippen molar-refractivity contribution in [1.82, 2.24) is 4.72 Å². The van der Waals surface area contributed by atoms with Crippen LogP contribution >= 0.6 is 0 Å². The summed E-state index contributed by atoms with van der Waals surface area (Å²) in [5.74, 6) is -1.24. The molecule has 3 rings (SSSR count). The molecular weight excluding hydrogens is 368 g/mol. The molecule has 0 radical (unpaired) electrons. The van der Waals surface area contributed by atoms with Crippen LogP contribution in [0.15, 0.2) is 59.5 Å². The van der Waals surface area contributed by atoms with Crippen molar-refractivity contribution in [3.63, 3.8) is 0 Å². The van der Waals surface area contributed by atoms with Crippen molar-refractivity contribution in [2.24, 2.45) is 0 Å². The van der Waals surface area contributed by atoms with E-state index in [1.165, 1.54) is 12.1 Å². The molecule has 142 valence electrons. The van der Waals surface area contributed by atoms with Crippen LogP contribution in [-0.2, 0) is 26.0 Å². The normalized spacial score (nSPS) is 15.7. The zero-order valence-corrected chi connectivity index (χ0v) is 15.4. The highest BCUT2D eigenvalue weighted by atomic mass is 32.2. The number of amides is 1. The van der Waals surface area contributed by atoms with Crippen molar-refractivity contribution in [3.05, 3.63) is 60.2 Å². The number of hydrogen-bond acceptors (Lipinski definition) is 4. The molecule has 2 N–H and O–H groups in total. The number of carboxylic acid groups (broad SMARTS) is 1. The quantitative estimate of drug-likeness (QED) is 0.753. The lowest BCUT2D eigenvalue weighted by Crippen LogP contribution is -2.42. The molecule has 0 spiro atoms. The van der Waals surface area contributed by atoms with Crippen LogP contribution in [0.2, 0.25) is 0 Å². The van der Waals surface area contributed by atoms with Crippen LogP contribution in [0.4, 0.5) is 5.69 Å². The SMILES string of the molecule is O=C(O)[C@@H](Cc1ccccc1)NS(=O)(=O)c1ccc(N2CCCC2=O)cc1. The number of aliphatic carboxylic acids is 1. The highest BCUT2D eigenvalue weighted by Crippen LogP contribution is 2.23. The van der Waals surface area contributed by atoms with Gasteiger partial charge in [0.05, 0.1) is 4.90 Å². The number of sulfonamides is 1. The molecule has 1 saturated heterocycles. The summed E-state index contributed by atoms with van der Waals surface area (Å²) in [6.07, 6.45) is 1.30. The van der Waals surface area contributed by atoms with Crippen molar-refractivity contribution in [3.8, 4) is 0 Å². The second-order valence-electron chi connectivity index (χ2n) is 6.34. The van der Waals surface area contributed by atoms with Crippen LogP contribution in [-0.4, -0.2) is 38.0 Å². The zero-order chi connectivity index (χ0) is 19.4. The summed E-state index contributed by atoms with van der Waals surface area (Å²) in [6, 6.07) is 13.4. The molecule has 1 fully saturated rings. The van der Waals surface area contributed by atoms with Gasteiger partial charge in [0.25, 0.3) is 0 Å². The molecule has 1 aliphatic heterocycles. The number of nitrogens with zero attached hydrogens (tertiary/aromatic N) is 1. The topological polar surface area (TPSA) is 104 Å². The summed E-state index contributed by atoms with van der Waals surface area (Å²) in [4.78, 5) is 24.9. The van der Waals surface area contributed by atoms with E-state index in [-0.39, 0.29) is 17.2 Å². The predicted molar refractivity (Wildman–Crippen MR) is 99.9 cm³/mol. The molecule has 0 saturated carbocycles. The molecule has 1 aliphatic rings. The number of carboxylic acids is 1. The molecule has 0 bridgehead atoms. The molecule has 2 aromatic carbocycles. The van der Waals surface area contributed by atoms with Gasteiger partial charge in [-0.05, 0) is 42.7 Å². The Morgan fingerprint density at radius 2 is 1.78 bits per heavy atom. The van der Waals surface area contributed by atoms with Crippen LogP contribution in [0.5, 0.6) is 0 Å². The van der Waals surface area contributed by atoms with E-state index in [1.807, 2.05) is 0 Å². The van der Waals surface area contributed by atoms with Crippen molar-refractivity contribution in [2.45, 2.75) is 30.2 Å². The van der Waals surface area contributed by atoms with E-state index < -0.39 is 22.0 Å². The van der Waals surface area contributed by atoms with Crippen LogP contribution < -0.4 is 9.62 Å². The molecule has 8 heteroatoms. The Bertz CT molecular complexity index is 926. The minimum absolute atomic E-state index is 0.0116. The largest absolute Gasteiger partial charge is 0.480 e. The van der Waals surface area contributed by atoms with Crippen LogP contribution in [0.1, 0.15) is 18.4 Å². The van der Waals surface area contributed by atoms with Crippen LogP contribution in [0, 0.1) is 0 Å². The average molecular weight is 388 g/mol. The van der Waals surface area contributed by atoms with Gasteiger partial charge in [0.2, 0.25) is 15.9 Å². The highest BCUT2D eigenvalue weighted by Gasteiger charge is 2.26. The van der Waals surface area contributed by atoms with Gasteiger partial charge in [0, 0.05) is 18.7 Å². The number of carbonyl (C=O) groups excluding carboxylic acids is 1. The maximum atomic E-state index is 12.6. The van der Waals surface area contributed by atoms with Gasteiger partial charge in [-0.3, -0.25) is 9.59 Å². The third-order valence-electron chi connectivity index (χ3n) is 4.41. The Labute approximate surface area is 157 Å². The average Bonchev–Trinajstić information content (AvgIpc) is 3.08. The predicted octanol–water partition coefficient (Wildman–Crippen LogP) is 1.79. The van der Waals surface area contributed by atoms with Gasteiger partial charge in [-0.1, -0.05) is 30.3 Å². The van der Waals surface area contributed by atoms with Gasteiger partial charge in [-0.2, -0.15) is 4.72 Å². The second kappa shape index (κ2) is 7.89. The first-order chi connectivity index (χ1) is 12.9. The Balaban J connectivity index is 1.76. The van der Waals surface area contributed by atoms with Crippen LogP contribution in [0.3, 0.4) is 0 Å². The third-order valence-corrected chi connectivity index (χ3v) is 5.90. The minimum atomic E-state index is -4.01. The number of rotatable bonds is 7. The highest BCUT2D eigenvalue weighted by molar-refractivity contribution is 7.89. The first-order valence-electron chi connectivity index (χ1n) is 8.56. The van der Waals surface area contributed by atoms with Crippen molar-refractivity contribution in [1.29, 1.82) is 0 Å². The van der Waals surface area contributed by atoms with Crippen LogP contribution in [0.25, 0.3) is 0 Å². The Kier molecular flexibility index (Phi) is 5.57. The van der Waals surface area contributed by atoms with E-state index in [4.69, 9.17) is 0 Å². The van der Waals surface area contributed by atoms with Gasteiger partial charge in [-0.25, -0.2) is 8.42 Å². The molecule has 1 atom stereocenters. The smallest absolute Gasteiger partial charge is 0.322 e. The lowest BCUT2D eigenvalue weighted by atomic mass is 10.1. The third kappa shape index (κ3) is 4.53. The van der Waals surface area contributed by atoms with Gasteiger partial charge in [-0.15, -0.1) is 0 Å². The molecule has 0 aromatic heterocycles. The Morgan fingerprint density at radius 1 is 1.11 bits per heavy atom. The Morgan fingerprint density at radius 3 is 2.33 bits per heavy atom. The van der Waals surface area contributed by atoms with Gasteiger partial charge >= 0.3 is 5.97 Å². The molecule has 1 heterocycles. The summed E-state index contributed by atoms with van der Waals surface area (Å²) >= 11 is 0.